The number of ether oxygens (including phenoxy) is 3. The Labute approximate surface area is 93.3 Å². The second-order valence-electron chi connectivity index (χ2n) is 3.56. The summed E-state index contributed by atoms with van der Waals surface area (Å²) in [6.45, 7) is 9.88. The summed E-state index contributed by atoms with van der Waals surface area (Å²) in [6.07, 6.45) is -0.130. The second kappa shape index (κ2) is 10.4. The Kier molecular flexibility index (Phi) is 10.3. The van der Waals surface area contributed by atoms with Crippen LogP contribution in [0.5, 0.6) is 0 Å². The van der Waals surface area contributed by atoms with Crippen LogP contribution < -0.4 is 5.32 Å². The van der Waals surface area contributed by atoms with Gasteiger partial charge in [0.2, 0.25) is 0 Å². The first kappa shape index (κ1) is 14.8. The highest BCUT2D eigenvalue weighted by molar-refractivity contribution is 4.57. The first-order chi connectivity index (χ1) is 7.24. The number of rotatable bonds is 10. The second-order valence-corrected chi connectivity index (χ2v) is 3.56. The highest BCUT2D eigenvalue weighted by Crippen LogP contribution is 1.96. The van der Waals surface area contributed by atoms with Crippen LogP contribution in [0.25, 0.3) is 0 Å². The Hall–Kier alpha value is -0.160. The van der Waals surface area contributed by atoms with E-state index in [1.54, 1.807) is 7.11 Å². The summed E-state index contributed by atoms with van der Waals surface area (Å²) in [5.74, 6) is 0.513. The van der Waals surface area contributed by atoms with Crippen molar-refractivity contribution in [3.05, 3.63) is 0 Å². The summed E-state index contributed by atoms with van der Waals surface area (Å²) in [6, 6.07) is 0. The van der Waals surface area contributed by atoms with Crippen LogP contribution >= 0.6 is 0 Å². The van der Waals surface area contributed by atoms with Gasteiger partial charge in [-0.05, 0) is 19.8 Å². The van der Waals surface area contributed by atoms with Gasteiger partial charge in [-0.3, -0.25) is 0 Å². The molecule has 0 saturated carbocycles. The molecule has 0 rings (SSSR count). The van der Waals surface area contributed by atoms with E-state index >= 15 is 0 Å². The lowest BCUT2D eigenvalue weighted by Crippen LogP contribution is -2.34. The Morgan fingerprint density at radius 2 is 1.67 bits per heavy atom. The zero-order valence-corrected chi connectivity index (χ0v) is 10.4. The standard InChI is InChI=1S/C11H25NO3/c1-5-14-11(15-6-2)8-12-7-10(3)9-13-4/h10-12H,5-9H2,1-4H3. The normalized spacial score (nSPS) is 13.4. The molecule has 15 heavy (non-hydrogen) atoms. The van der Waals surface area contributed by atoms with Crippen LogP contribution in [0.1, 0.15) is 20.8 Å². The fourth-order valence-electron chi connectivity index (χ4n) is 1.33. The quantitative estimate of drug-likeness (QED) is 0.561. The fraction of sp³-hybridized carbons (Fsp3) is 1.00. The summed E-state index contributed by atoms with van der Waals surface area (Å²) < 4.78 is 15.9. The Morgan fingerprint density at radius 3 is 2.13 bits per heavy atom. The third-order valence-electron chi connectivity index (χ3n) is 1.96. The number of hydrogen-bond acceptors (Lipinski definition) is 4. The lowest BCUT2D eigenvalue weighted by Gasteiger charge is -2.18. The van der Waals surface area contributed by atoms with Gasteiger partial charge in [0.05, 0.1) is 0 Å². The minimum absolute atomic E-state index is 0.130. The first-order valence-corrected chi connectivity index (χ1v) is 5.67. The van der Waals surface area contributed by atoms with E-state index in [0.717, 1.165) is 19.7 Å². The molecule has 1 N–H and O–H groups in total. The topological polar surface area (TPSA) is 39.7 Å². The number of hydrogen-bond donors (Lipinski definition) is 1. The van der Waals surface area contributed by atoms with Crippen molar-refractivity contribution in [2.75, 3.05) is 40.0 Å². The van der Waals surface area contributed by atoms with Gasteiger partial charge in [0.25, 0.3) is 0 Å². The van der Waals surface area contributed by atoms with Crippen molar-refractivity contribution in [1.29, 1.82) is 0 Å². The molecular weight excluding hydrogens is 194 g/mol. The van der Waals surface area contributed by atoms with E-state index in [-0.39, 0.29) is 6.29 Å². The molecule has 0 heterocycles. The van der Waals surface area contributed by atoms with Gasteiger partial charge >= 0.3 is 0 Å². The lowest BCUT2D eigenvalue weighted by molar-refractivity contribution is -0.133. The molecule has 4 heteroatoms. The van der Waals surface area contributed by atoms with E-state index in [0.29, 0.717) is 19.1 Å². The predicted molar refractivity (Wildman–Crippen MR) is 60.9 cm³/mol. The molecule has 0 aliphatic carbocycles. The molecule has 1 atom stereocenters. The van der Waals surface area contributed by atoms with Gasteiger partial charge in [-0.15, -0.1) is 0 Å². The molecule has 0 amide bonds. The summed E-state index contributed by atoms with van der Waals surface area (Å²) in [5, 5.41) is 3.31. The molecule has 0 fully saturated rings. The molecule has 0 aromatic rings. The molecule has 0 aliphatic rings. The molecule has 1 unspecified atom stereocenters. The zero-order chi connectivity index (χ0) is 11.5. The van der Waals surface area contributed by atoms with Crippen LogP contribution in [0.2, 0.25) is 0 Å². The van der Waals surface area contributed by atoms with E-state index in [4.69, 9.17) is 14.2 Å². The highest BCUT2D eigenvalue weighted by atomic mass is 16.7. The monoisotopic (exact) mass is 219 g/mol. The van der Waals surface area contributed by atoms with Gasteiger partial charge in [0, 0.05) is 40.0 Å². The third kappa shape index (κ3) is 8.81. The van der Waals surface area contributed by atoms with E-state index in [1.165, 1.54) is 0 Å². The molecule has 0 aromatic heterocycles. The average Bonchev–Trinajstić information content (AvgIpc) is 2.19. The van der Waals surface area contributed by atoms with Crippen LogP contribution in [-0.2, 0) is 14.2 Å². The molecule has 92 valence electrons. The summed E-state index contributed by atoms with van der Waals surface area (Å²) in [7, 11) is 1.72. The zero-order valence-electron chi connectivity index (χ0n) is 10.4. The minimum atomic E-state index is -0.130. The average molecular weight is 219 g/mol. The summed E-state index contributed by atoms with van der Waals surface area (Å²) >= 11 is 0. The molecule has 0 aromatic carbocycles. The molecule has 0 radical (unpaired) electrons. The Bertz CT molecular complexity index is 127. The van der Waals surface area contributed by atoms with Crippen molar-refractivity contribution in [1.82, 2.24) is 5.32 Å². The van der Waals surface area contributed by atoms with Crippen molar-refractivity contribution >= 4 is 0 Å². The molecule has 0 aliphatic heterocycles. The third-order valence-corrected chi connectivity index (χ3v) is 1.96. The van der Waals surface area contributed by atoms with Crippen LogP contribution in [0.3, 0.4) is 0 Å². The van der Waals surface area contributed by atoms with Crippen molar-refractivity contribution in [2.45, 2.75) is 27.1 Å². The van der Waals surface area contributed by atoms with Gasteiger partial charge in [-0.1, -0.05) is 6.92 Å². The van der Waals surface area contributed by atoms with Gasteiger partial charge in [-0.25, -0.2) is 0 Å². The van der Waals surface area contributed by atoms with E-state index < -0.39 is 0 Å². The van der Waals surface area contributed by atoms with Crippen molar-refractivity contribution < 1.29 is 14.2 Å². The van der Waals surface area contributed by atoms with E-state index in [2.05, 4.69) is 12.2 Å². The van der Waals surface area contributed by atoms with E-state index in [9.17, 15) is 0 Å². The van der Waals surface area contributed by atoms with Gasteiger partial charge in [0.1, 0.15) is 0 Å². The van der Waals surface area contributed by atoms with Crippen molar-refractivity contribution in [3.63, 3.8) is 0 Å². The first-order valence-electron chi connectivity index (χ1n) is 5.67. The van der Waals surface area contributed by atoms with Crippen molar-refractivity contribution in [2.24, 2.45) is 5.92 Å². The van der Waals surface area contributed by atoms with Gasteiger partial charge < -0.3 is 19.5 Å². The maximum atomic E-state index is 5.41. The maximum absolute atomic E-state index is 5.41. The Balaban J connectivity index is 3.51. The van der Waals surface area contributed by atoms with Crippen LogP contribution in [0.15, 0.2) is 0 Å². The van der Waals surface area contributed by atoms with Crippen LogP contribution in [0.4, 0.5) is 0 Å². The molecule has 4 nitrogen and oxygen atoms in total. The fourth-order valence-corrected chi connectivity index (χ4v) is 1.33. The minimum Gasteiger partial charge on any atom is -0.384 e. The van der Waals surface area contributed by atoms with Gasteiger partial charge in [-0.2, -0.15) is 0 Å². The van der Waals surface area contributed by atoms with Crippen molar-refractivity contribution in [3.8, 4) is 0 Å². The number of nitrogens with one attached hydrogen (secondary N) is 1. The maximum Gasteiger partial charge on any atom is 0.169 e. The lowest BCUT2D eigenvalue weighted by atomic mass is 10.2. The van der Waals surface area contributed by atoms with Crippen LogP contribution in [-0.4, -0.2) is 46.3 Å². The molecule has 0 saturated heterocycles. The SMILES string of the molecule is CCOC(CNCC(C)COC)OCC. The molecule has 0 bridgehead atoms. The predicted octanol–water partition coefficient (Wildman–Crippen LogP) is 1.26. The van der Waals surface area contributed by atoms with Gasteiger partial charge in [0.15, 0.2) is 6.29 Å². The largest absolute Gasteiger partial charge is 0.384 e. The van der Waals surface area contributed by atoms with Crippen LogP contribution in [0, 0.1) is 5.92 Å². The number of methoxy groups -OCH3 is 1. The smallest absolute Gasteiger partial charge is 0.169 e. The summed E-state index contributed by atoms with van der Waals surface area (Å²) in [5.41, 5.74) is 0. The molecular formula is C11H25NO3. The summed E-state index contributed by atoms with van der Waals surface area (Å²) in [4.78, 5) is 0. The Morgan fingerprint density at radius 1 is 1.07 bits per heavy atom. The van der Waals surface area contributed by atoms with E-state index in [1.807, 2.05) is 13.8 Å². The molecule has 0 spiro atoms. The highest BCUT2D eigenvalue weighted by Gasteiger charge is 2.08.